The average molecular weight is 326 g/mol. The van der Waals surface area contributed by atoms with Crippen molar-refractivity contribution in [1.29, 1.82) is 0 Å². The molecule has 0 aliphatic heterocycles. The van der Waals surface area contributed by atoms with Gasteiger partial charge in [-0.05, 0) is 24.3 Å². The average Bonchev–Trinajstić information content (AvgIpc) is 2.34. The lowest BCUT2D eigenvalue weighted by Gasteiger charge is -2.05. The Balaban J connectivity index is 2.41. The molecule has 18 heavy (non-hydrogen) atoms. The van der Waals surface area contributed by atoms with Gasteiger partial charge < -0.3 is 5.11 Å². The predicted octanol–water partition coefficient (Wildman–Crippen LogP) is 4.21. The van der Waals surface area contributed by atoms with E-state index in [9.17, 15) is 15.2 Å². The molecule has 0 amide bonds. The van der Waals surface area contributed by atoms with Gasteiger partial charge in [0.1, 0.15) is 5.75 Å². The number of halogens is 1. The van der Waals surface area contributed by atoms with E-state index in [4.69, 9.17) is 0 Å². The highest BCUT2D eigenvalue weighted by atomic mass is 79.9. The maximum Gasteiger partial charge on any atom is 0.284 e. The number of nitro benzene ring substituents is 1. The van der Waals surface area contributed by atoms with Gasteiger partial charge in [-0.3, -0.25) is 10.1 Å². The summed E-state index contributed by atoms with van der Waals surface area (Å²) >= 11 is 4.37. The first-order valence-corrected chi connectivity index (χ1v) is 6.58. The van der Waals surface area contributed by atoms with E-state index < -0.39 is 4.92 Å². The van der Waals surface area contributed by atoms with Gasteiger partial charge in [-0.2, -0.15) is 0 Å². The Morgan fingerprint density at radius 1 is 1.17 bits per heavy atom. The molecule has 0 saturated heterocycles. The molecule has 0 aliphatic rings. The summed E-state index contributed by atoms with van der Waals surface area (Å²) < 4.78 is 0.649. The first kappa shape index (κ1) is 12.9. The van der Waals surface area contributed by atoms with Crippen LogP contribution in [0.25, 0.3) is 0 Å². The van der Waals surface area contributed by atoms with Gasteiger partial charge in [0.15, 0.2) is 0 Å². The van der Waals surface area contributed by atoms with E-state index in [1.54, 1.807) is 36.4 Å². The third-order valence-corrected chi connectivity index (χ3v) is 3.83. The van der Waals surface area contributed by atoms with Crippen molar-refractivity contribution in [1.82, 2.24) is 0 Å². The Hall–Kier alpha value is -1.53. The molecule has 0 unspecified atom stereocenters. The van der Waals surface area contributed by atoms with Crippen LogP contribution < -0.4 is 0 Å². The van der Waals surface area contributed by atoms with Crippen LogP contribution in [0.5, 0.6) is 5.75 Å². The Labute approximate surface area is 116 Å². The summed E-state index contributed by atoms with van der Waals surface area (Å²) in [7, 11) is 0. The number of nitrogens with zero attached hydrogens (tertiary/aromatic N) is 1. The number of para-hydroxylation sites is 1. The van der Waals surface area contributed by atoms with E-state index in [-0.39, 0.29) is 11.4 Å². The van der Waals surface area contributed by atoms with Crippen molar-refractivity contribution in [3.63, 3.8) is 0 Å². The number of phenolic OH excluding ortho intramolecular Hbond substituents is 1. The largest absolute Gasteiger partial charge is 0.507 e. The quantitative estimate of drug-likeness (QED) is 0.678. The molecule has 0 aromatic heterocycles. The van der Waals surface area contributed by atoms with Gasteiger partial charge in [-0.25, -0.2) is 0 Å². The van der Waals surface area contributed by atoms with E-state index in [2.05, 4.69) is 15.9 Å². The van der Waals surface area contributed by atoms with E-state index in [1.807, 2.05) is 0 Å². The SMILES string of the molecule is O=[N+]([O-])c1cc(Br)ccc1Sc1ccccc1O. The standard InChI is InChI=1S/C12H8BrNO3S/c13-8-5-6-11(9(7-8)14(16)17)18-12-4-2-1-3-10(12)15/h1-7,15H. The molecule has 0 fully saturated rings. The fourth-order valence-electron chi connectivity index (χ4n) is 1.38. The third-order valence-electron chi connectivity index (χ3n) is 2.20. The predicted molar refractivity (Wildman–Crippen MR) is 73.0 cm³/mol. The minimum Gasteiger partial charge on any atom is -0.507 e. The molecule has 0 saturated carbocycles. The van der Waals surface area contributed by atoms with Crippen molar-refractivity contribution in [2.24, 2.45) is 0 Å². The second-order valence-electron chi connectivity index (χ2n) is 3.44. The van der Waals surface area contributed by atoms with Crippen LogP contribution in [0.4, 0.5) is 5.69 Å². The molecule has 0 spiro atoms. The summed E-state index contributed by atoms with van der Waals surface area (Å²) in [6, 6.07) is 11.6. The molecular formula is C12H8BrNO3S. The Kier molecular flexibility index (Phi) is 3.88. The number of benzene rings is 2. The minimum atomic E-state index is -0.437. The fraction of sp³-hybridized carbons (Fsp3) is 0. The normalized spacial score (nSPS) is 10.3. The van der Waals surface area contributed by atoms with Crippen LogP contribution >= 0.6 is 27.7 Å². The first-order valence-electron chi connectivity index (χ1n) is 4.97. The number of aromatic hydroxyl groups is 1. The number of rotatable bonds is 3. The fourth-order valence-corrected chi connectivity index (χ4v) is 2.66. The summed E-state index contributed by atoms with van der Waals surface area (Å²) in [5.74, 6) is 0.111. The van der Waals surface area contributed by atoms with Crippen LogP contribution in [0.15, 0.2) is 56.7 Å². The Bertz CT molecular complexity index is 604. The minimum absolute atomic E-state index is 0.0117. The Morgan fingerprint density at radius 2 is 1.89 bits per heavy atom. The second kappa shape index (κ2) is 5.41. The maximum atomic E-state index is 11.0. The zero-order valence-electron chi connectivity index (χ0n) is 9.04. The lowest BCUT2D eigenvalue weighted by molar-refractivity contribution is -0.387. The lowest BCUT2D eigenvalue weighted by Crippen LogP contribution is -1.90. The maximum absolute atomic E-state index is 11.0. The molecule has 4 nitrogen and oxygen atoms in total. The van der Waals surface area contributed by atoms with Crippen molar-refractivity contribution in [3.05, 3.63) is 57.1 Å². The molecule has 6 heteroatoms. The summed E-state index contributed by atoms with van der Waals surface area (Å²) in [5.41, 5.74) is 0.0117. The van der Waals surface area contributed by atoms with Crippen molar-refractivity contribution in [2.45, 2.75) is 9.79 Å². The third kappa shape index (κ3) is 2.83. The molecule has 0 bridgehead atoms. The Morgan fingerprint density at radius 3 is 2.56 bits per heavy atom. The summed E-state index contributed by atoms with van der Waals surface area (Å²) in [6.45, 7) is 0. The highest BCUT2D eigenvalue weighted by Gasteiger charge is 2.16. The zero-order chi connectivity index (χ0) is 13.1. The molecule has 2 rings (SSSR count). The topological polar surface area (TPSA) is 63.4 Å². The van der Waals surface area contributed by atoms with Crippen molar-refractivity contribution in [3.8, 4) is 5.75 Å². The van der Waals surface area contributed by atoms with Gasteiger partial charge in [-0.1, -0.05) is 39.8 Å². The smallest absolute Gasteiger partial charge is 0.284 e. The van der Waals surface area contributed by atoms with Crippen LogP contribution in [0.3, 0.4) is 0 Å². The summed E-state index contributed by atoms with van der Waals surface area (Å²) in [4.78, 5) is 11.6. The number of hydrogen-bond donors (Lipinski definition) is 1. The molecule has 2 aromatic carbocycles. The van der Waals surface area contributed by atoms with Gasteiger partial charge in [0.2, 0.25) is 0 Å². The van der Waals surface area contributed by atoms with Crippen LogP contribution in [-0.4, -0.2) is 10.0 Å². The van der Waals surface area contributed by atoms with Crippen LogP contribution in [0.1, 0.15) is 0 Å². The number of nitro groups is 1. The molecule has 0 aliphatic carbocycles. The van der Waals surface area contributed by atoms with Gasteiger partial charge in [-0.15, -0.1) is 0 Å². The molecular weight excluding hydrogens is 318 g/mol. The molecule has 0 atom stereocenters. The highest BCUT2D eigenvalue weighted by Crippen LogP contribution is 2.39. The van der Waals surface area contributed by atoms with Gasteiger partial charge in [0.05, 0.1) is 14.7 Å². The van der Waals surface area contributed by atoms with Gasteiger partial charge in [0.25, 0.3) is 5.69 Å². The van der Waals surface area contributed by atoms with Crippen molar-refractivity contribution < 1.29 is 10.0 Å². The second-order valence-corrected chi connectivity index (χ2v) is 5.44. The van der Waals surface area contributed by atoms with Gasteiger partial charge in [0, 0.05) is 10.5 Å². The van der Waals surface area contributed by atoms with Crippen molar-refractivity contribution >= 4 is 33.4 Å². The molecule has 0 heterocycles. The monoisotopic (exact) mass is 325 g/mol. The van der Waals surface area contributed by atoms with E-state index >= 15 is 0 Å². The molecule has 2 aromatic rings. The zero-order valence-corrected chi connectivity index (χ0v) is 11.4. The number of phenols is 1. The van der Waals surface area contributed by atoms with E-state index in [1.165, 1.54) is 17.8 Å². The van der Waals surface area contributed by atoms with Crippen LogP contribution in [0.2, 0.25) is 0 Å². The molecule has 92 valence electrons. The van der Waals surface area contributed by atoms with E-state index in [0.29, 0.717) is 14.3 Å². The van der Waals surface area contributed by atoms with Crippen molar-refractivity contribution in [2.75, 3.05) is 0 Å². The van der Waals surface area contributed by atoms with Crippen LogP contribution in [-0.2, 0) is 0 Å². The summed E-state index contributed by atoms with van der Waals surface area (Å²) in [6.07, 6.45) is 0. The summed E-state index contributed by atoms with van der Waals surface area (Å²) in [5, 5.41) is 20.6. The first-order chi connectivity index (χ1) is 8.58. The van der Waals surface area contributed by atoms with E-state index in [0.717, 1.165) is 0 Å². The van der Waals surface area contributed by atoms with Gasteiger partial charge >= 0.3 is 0 Å². The lowest BCUT2D eigenvalue weighted by atomic mass is 10.3. The molecule has 0 radical (unpaired) electrons. The van der Waals surface area contributed by atoms with Crippen LogP contribution in [0, 0.1) is 10.1 Å². The molecule has 1 N–H and O–H groups in total. The highest BCUT2D eigenvalue weighted by molar-refractivity contribution is 9.10. The number of hydrogen-bond acceptors (Lipinski definition) is 4.